The highest BCUT2D eigenvalue weighted by Crippen LogP contribution is 2.57. The Morgan fingerprint density at radius 2 is 1.72 bits per heavy atom. The van der Waals surface area contributed by atoms with Crippen molar-refractivity contribution in [1.82, 2.24) is 0 Å². The quantitative estimate of drug-likeness (QED) is 0.213. The van der Waals surface area contributed by atoms with Crippen molar-refractivity contribution in [3.63, 3.8) is 0 Å². The molecule has 3 aliphatic rings. The first-order chi connectivity index (χ1) is 17.6. The number of likely N-dealkylation sites (N-methyl/N-ethyl adjacent to an activating group) is 1. The Hall–Kier alpha value is -4.41. The van der Waals surface area contributed by atoms with Gasteiger partial charge in [0, 0.05) is 40.6 Å². The van der Waals surface area contributed by atoms with Gasteiger partial charge in [0.1, 0.15) is 0 Å². The van der Waals surface area contributed by atoms with Crippen LogP contribution >= 0.6 is 0 Å². The van der Waals surface area contributed by atoms with Gasteiger partial charge >= 0.3 is 0 Å². The van der Waals surface area contributed by atoms with Crippen LogP contribution < -0.4 is 4.90 Å². The molecule has 2 aliphatic carbocycles. The third-order valence-electron chi connectivity index (χ3n) is 8.12. The van der Waals surface area contributed by atoms with E-state index in [4.69, 9.17) is 6.57 Å². The zero-order valence-electron chi connectivity index (χ0n) is 20.2. The standard InChI is InChI=1S/C32H25N3O/c1-34-26(20-33)29-23-12-6-7-13-24(23)31(36)25(29)15-17-28-32(18-8-3-9-19-32)30-22-11-5-4-10-21(22)14-16-27(30)35(28)2/h4-7,10-17H,3,8-9,18-19H2,2H3/b25-15-,28-17-,29-26-. The number of allylic oxidation sites excluding steroid dienone is 6. The zero-order chi connectivity index (χ0) is 24.9. The highest BCUT2D eigenvalue weighted by atomic mass is 16.1. The van der Waals surface area contributed by atoms with E-state index in [1.54, 1.807) is 6.07 Å². The molecule has 1 aliphatic heterocycles. The summed E-state index contributed by atoms with van der Waals surface area (Å²) < 4.78 is 0. The van der Waals surface area contributed by atoms with Crippen LogP contribution in [0, 0.1) is 17.9 Å². The molecule has 3 aromatic rings. The highest BCUT2D eigenvalue weighted by Gasteiger charge is 2.47. The molecule has 36 heavy (non-hydrogen) atoms. The maximum atomic E-state index is 13.4. The predicted octanol–water partition coefficient (Wildman–Crippen LogP) is 7.35. The van der Waals surface area contributed by atoms with E-state index in [9.17, 15) is 10.1 Å². The summed E-state index contributed by atoms with van der Waals surface area (Å²) in [7, 11) is 2.11. The lowest BCUT2D eigenvalue weighted by atomic mass is 9.67. The molecule has 0 unspecified atom stereocenters. The Kier molecular flexibility index (Phi) is 5.13. The van der Waals surface area contributed by atoms with Gasteiger partial charge in [0.25, 0.3) is 5.70 Å². The summed E-state index contributed by atoms with van der Waals surface area (Å²) in [4.78, 5) is 19.2. The van der Waals surface area contributed by atoms with Crippen molar-refractivity contribution in [2.24, 2.45) is 0 Å². The summed E-state index contributed by atoms with van der Waals surface area (Å²) >= 11 is 0. The summed E-state index contributed by atoms with van der Waals surface area (Å²) in [5.41, 5.74) is 5.74. The van der Waals surface area contributed by atoms with Crippen LogP contribution in [0.5, 0.6) is 0 Å². The molecular weight excluding hydrogens is 442 g/mol. The van der Waals surface area contributed by atoms with Gasteiger partial charge in [-0.05, 0) is 53.0 Å². The molecule has 4 heteroatoms. The number of Topliss-reactive ketones (excluding diaryl/α,β-unsaturated/α-hetero) is 1. The average molecular weight is 468 g/mol. The Labute approximate surface area is 211 Å². The number of nitriles is 1. The monoisotopic (exact) mass is 467 g/mol. The lowest BCUT2D eigenvalue weighted by molar-refractivity contribution is 0.104. The first kappa shape index (κ1) is 22.1. The third kappa shape index (κ3) is 3.01. The van der Waals surface area contributed by atoms with Gasteiger partial charge in [0.15, 0.2) is 5.78 Å². The number of nitrogens with zero attached hydrogens (tertiary/aromatic N) is 3. The SMILES string of the molecule is [C-]#[N+]\C(C#N)=C1/C(=C/C=C2\N(C)c3ccc4ccccc4c3C23CCCCC3)C(=O)c2ccccc21. The van der Waals surface area contributed by atoms with Crippen LogP contribution in [0.1, 0.15) is 53.6 Å². The first-order valence-electron chi connectivity index (χ1n) is 12.5. The first-order valence-corrected chi connectivity index (χ1v) is 12.5. The Morgan fingerprint density at radius 1 is 1.00 bits per heavy atom. The van der Waals surface area contributed by atoms with E-state index in [-0.39, 0.29) is 16.9 Å². The number of hydrogen-bond donors (Lipinski definition) is 0. The fourth-order valence-electron chi connectivity index (χ4n) is 6.57. The Balaban J connectivity index is 1.58. The molecule has 0 atom stereocenters. The molecule has 0 bridgehead atoms. The largest absolute Gasteiger partial charge is 0.347 e. The third-order valence-corrected chi connectivity index (χ3v) is 8.12. The molecule has 174 valence electrons. The average Bonchev–Trinajstić information content (AvgIpc) is 3.32. The molecule has 6 rings (SSSR count). The molecule has 1 spiro atoms. The number of carbonyl (C=O) groups is 1. The number of rotatable bonds is 1. The van der Waals surface area contributed by atoms with Crippen LogP contribution in [-0.4, -0.2) is 12.8 Å². The van der Waals surface area contributed by atoms with Crippen molar-refractivity contribution in [3.8, 4) is 6.07 Å². The molecule has 0 amide bonds. The minimum Gasteiger partial charge on any atom is -0.347 e. The van der Waals surface area contributed by atoms with Crippen molar-refractivity contribution < 1.29 is 4.79 Å². The second kappa shape index (κ2) is 8.36. The van der Waals surface area contributed by atoms with Crippen LogP contribution in [0.4, 0.5) is 5.69 Å². The van der Waals surface area contributed by atoms with Crippen molar-refractivity contribution >= 4 is 27.8 Å². The predicted molar refractivity (Wildman–Crippen MR) is 143 cm³/mol. The summed E-state index contributed by atoms with van der Waals surface area (Å²) in [6.45, 7) is 7.56. The van der Waals surface area contributed by atoms with Gasteiger partial charge in [-0.1, -0.05) is 73.9 Å². The van der Waals surface area contributed by atoms with Crippen molar-refractivity contribution in [2.75, 3.05) is 11.9 Å². The molecule has 1 fully saturated rings. The molecule has 0 aromatic heterocycles. The van der Waals surface area contributed by atoms with Crippen molar-refractivity contribution in [1.29, 1.82) is 5.26 Å². The number of fused-ring (bicyclic) bond motifs is 5. The zero-order valence-corrected chi connectivity index (χ0v) is 20.2. The maximum Gasteiger partial charge on any atom is 0.270 e. The topological polar surface area (TPSA) is 48.5 Å². The number of anilines is 1. The molecule has 3 aromatic carbocycles. The van der Waals surface area contributed by atoms with Gasteiger partial charge in [-0.2, -0.15) is 0 Å². The van der Waals surface area contributed by atoms with E-state index in [0.717, 1.165) is 25.7 Å². The molecule has 0 N–H and O–H groups in total. The van der Waals surface area contributed by atoms with Gasteiger partial charge < -0.3 is 4.90 Å². The van der Waals surface area contributed by atoms with Gasteiger partial charge in [0.05, 0.1) is 12.6 Å². The highest BCUT2D eigenvalue weighted by molar-refractivity contribution is 6.27. The van der Waals surface area contributed by atoms with Gasteiger partial charge in [-0.25, -0.2) is 10.1 Å². The summed E-state index contributed by atoms with van der Waals surface area (Å²) in [5.74, 6) is -0.129. The number of benzene rings is 3. The summed E-state index contributed by atoms with van der Waals surface area (Å²) in [6, 6.07) is 22.3. The fourth-order valence-corrected chi connectivity index (χ4v) is 6.57. The summed E-state index contributed by atoms with van der Waals surface area (Å²) in [5, 5.41) is 12.2. The molecule has 1 heterocycles. The van der Waals surface area contributed by atoms with E-state index >= 15 is 0 Å². The molecule has 0 saturated heterocycles. The second-order valence-electron chi connectivity index (χ2n) is 9.84. The lowest BCUT2D eigenvalue weighted by Crippen LogP contribution is -2.32. The molecule has 0 radical (unpaired) electrons. The van der Waals surface area contributed by atoms with Gasteiger partial charge in [-0.15, -0.1) is 0 Å². The van der Waals surface area contributed by atoms with E-state index in [1.807, 2.05) is 30.3 Å². The lowest BCUT2D eigenvalue weighted by Gasteiger charge is -2.36. The fraction of sp³-hybridized carbons (Fsp3) is 0.219. The van der Waals surface area contributed by atoms with E-state index in [1.165, 1.54) is 34.1 Å². The van der Waals surface area contributed by atoms with Crippen molar-refractivity contribution in [3.05, 3.63) is 118 Å². The summed E-state index contributed by atoms with van der Waals surface area (Å²) in [6.07, 6.45) is 9.63. The van der Waals surface area contributed by atoms with Crippen LogP contribution in [0.25, 0.3) is 21.2 Å². The Bertz CT molecular complexity index is 1600. The van der Waals surface area contributed by atoms with Crippen LogP contribution in [0.15, 0.2) is 89.8 Å². The number of carbonyl (C=O) groups excluding carboxylic acids is 1. The van der Waals surface area contributed by atoms with Crippen molar-refractivity contribution in [2.45, 2.75) is 37.5 Å². The van der Waals surface area contributed by atoms with Gasteiger partial charge in [0.2, 0.25) is 0 Å². The molecule has 1 saturated carbocycles. The van der Waals surface area contributed by atoms with Crippen LogP contribution in [-0.2, 0) is 5.41 Å². The van der Waals surface area contributed by atoms with Crippen LogP contribution in [0.2, 0.25) is 0 Å². The maximum absolute atomic E-state index is 13.4. The minimum absolute atomic E-state index is 0.0422. The normalized spacial score (nSPS) is 21.5. The smallest absolute Gasteiger partial charge is 0.270 e. The van der Waals surface area contributed by atoms with E-state index in [0.29, 0.717) is 22.3 Å². The molecular formula is C32H25N3O. The van der Waals surface area contributed by atoms with E-state index < -0.39 is 0 Å². The van der Waals surface area contributed by atoms with Crippen LogP contribution in [0.3, 0.4) is 0 Å². The molecule has 4 nitrogen and oxygen atoms in total. The minimum atomic E-state index is -0.129. The number of ketones is 1. The van der Waals surface area contributed by atoms with E-state index in [2.05, 4.69) is 59.3 Å². The second-order valence-corrected chi connectivity index (χ2v) is 9.84. The Morgan fingerprint density at radius 3 is 2.47 bits per heavy atom. The number of hydrogen-bond acceptors (Lipinski definition) is 3. The van der Waals surface area contributed by atoms with Gasteiger partial charge in [-0.3, -0.25) is 4.79 Å².